The smallest absolute Gasteiger partial charge is 0.0998 e. The van der Waals surface area contributed by atoms with Gasteiger partial charge in [-0.05, 0) is 35.7 Å². The highest BCUT2D eigenvalue weighted by Gasteiger charge is 2.05. The van der Waals surface area contributed by atoms with Crippen molar-refractivity contribution in [3.8, 4) is 17.2 Å². The molecule has 0 heterocycles. The zero-order valence-corrected chi connectivity index (χ0v) is 11.9. The van der Waals surface area contributed by atoms with Crippen molar-refractivity contribution in [2.75, 3.05) is 6.54 Å². The van der Waals surface area contributed by atoms with Gasteiger partial charge in [-0.15, -0.1) is 0 Å². The van der Waals surface area contributed by atoms with Gasteiger partial charge in [-0.3, -0.25) is 0 Å². The van der Waals surface area contributed by atoms with Gasteiger partial charge in [0.05, 0.1) is 11.6 Å². The summed E-state index contributed by atoms with van der Waals surface area (Å²) < 4.78 is 0. The van der Waals surface area contributed by atoms with Gasteiger partial charge in [0.15, 0.2) is 0 Å². The molecular formula is C18H20N2. The Balaban J connectivity index is 2.15. The van der Waals surface area contributed by atoms with Crippen LogP contribution < -0.4 is 5.32 Å². The lowest BCUT2D eigenvalue weighted by molar-refractivity contribution is 0.641. The molecule has 0 fully saturated rings. The van der Waals surface area contributed by atoms with Gasteiger partial charge in [-0.2, -0.15) is 5.26 Å². The summed E-state index contributed by atoms with van der Waals surface area (Å²) in [5, 5.41) is 12.7. The van der Waals surface area contributed by atoms with Crippen molar-refractivity contribution in [2.45, 2.75) is 26.3 Å². The van der Waals surface area contributed by atoms with Crippen molar-refractivity contribution < 1.29 is 0 Å². The molecule has 0 aromatic heterocycles. The summed E-state index contributed by atoms with van der Waals surface area (Å²) in [4.78, 5) is 0. The minimum Gasteiger partial charge on any atom is -0.313 e. The Kier molecular flexibility index (Phi) is 5.34. The summed E-state index contributed by atoms with van der Waals surface area (Å²) >= 11 is 0. The molecule has 0 aliphatic rings. The summed E-state index contributed by atoms with van der Waals surface area (Å²) in [6.07, 6.45) is 2.39. The van der Waals surface area contributed by atoms with Crippen LogP contribution in [0.15, 0.2) is 48.5 Å². The number of hydrogen-bond donors (Lipinski definition) is 1. The van der Waals surface area contributed by atoms with Crippen LogP contribution in [0.25, 0.3) is 11.1 Å². The fourth-order valence-electron chi connectivity index (χ4n) is 2.20. The molecular weight excluding hydrogens is 244 g/mol. The SMILES string of the molecule is CCCCNCc1ccc(-c2ccccc2)c(C#N)c1. The Bertz CT molecular complexity index is 582. The lowest BCUT2D eigenvalue weighted by atomic mass is 9.98. The second kappa shape index (κ2) is 7.47. The first kappa shape index (κ1) is 14.3. The molecule has 0 amide bonds. The Labute approximate surface area is 121 Å². The molecule has 102 valence electrons. The first-order valence-corrected chi connectivity index (χ1v) is 7.14. The minimum atomic E-state index is 0.742. The molecule has 20 heavy (non-hydrogen) atoms. The van der Waals surface area contributed by atoms with Gasteiger partial charge in [0.1, 0.15) is 0 Å². The molecule has 0 saturated heterocycles. The van der Waals surface area contributed by atoms with Gasteiger partial charge in [-0.1, -0.05) is 55.8 Å². The van der Waals surface area contributed by atoms with Crippen molar-refractivity contribution in [1.82, 2.24) is 5.32 Å². The van der Waals surface area contributed by atoms with E-state index >= 15 is 0 Å². The van der Waals surface area contributed by atoms with Crippen LogP contribution in [0.4, 0.5) is 0 Å². The van der Waals surface area contributed by atoms with Crippen LogP contribution >= 0.6 is 0 Å². The molecule has 2 rings (SSSR count). The maximum Gasteiger partial charge on any atom is 0.0998 e. The predicted molar refractivity (Wildman–Crippen MR) is 83.2 cm³/mol. The van der Waals surface area contributed by atoms with Crippen LogP contribution in [-0.2, 0) is 6.54 Å². The first-order valence-electron chi connectivity index (χ1n) is 7.14. The van der Waals surface area contributed by atoms with Crippen LogP contribution in [-0.4, -0.2) is 6.54 Å². The van der Waals surface area contributed by atoms with E-state index in [1.54, 1.807) is 0 Å². The predicted octanol–water partition coefficient (Wildman–Crippen LogP) is 4.11. The van der Waals surface area contributed by atoms with Crippen molar-refractivity contribution in [1.29, 1.82) is 5.26 Å². The number of hydrogen-bond acceptors (Lipinski definition) is 2. The molecule has 2 heteroatoms. The monoisotopic (exact) mass is 264 g/mol. The van der Waals surface area contributed by atoms with Gasteiger partial charge < -0.3 is 5.32 Å². The third kappa shape index (κ3) is 3.69. The fourth-order valence-corrected chi connectivity index (χ4v) is 2.20. The average Bonchev–Trinajstić information content (AvgIpc) is 2.52. The number of nitrogens with zero attached hydrogens (tertiary/aromatic N) is 1. The zero-order valence-electron chi connectivity index (χ0n) is 11.9. The number of rotatable bonds is 6. The van der Waals surface area contributed by atoms with Gasteiger partial charge in [0.25, 0.3) is 0 Å². The summed E-state index contributed by atoms with van der Waals surface area (Å²) in [5.74, 6) is 0. The van der Waals surface area contributed by atoms with E-state index in [-0.39, 0.29) is 0 Å². The van der Waals surface area contributed by atoms with Crippen molar-refractivity contribution in [3.05, 3.63) is 59.7 Å². The third-order valence-corrected chi connectivity index (χ3v) is 3.33. The van der Waals surface area contributed by atoms with Crippen LogP contribution in [0.2, 0.25) is 0 Å². The van der Waals surface area contributed by atoms with Gasteiger partial charge in [0, 0.05) is 6.54 Å². The maximum absolute atomic E-state index is 9.34. The van der Waals surface area contributed by atoms with Gasteiger partial charge in [0.2, 0.25) is 0 Å². The second-order valence-corrected chi connectivity index (χ2v) is 4.89. The molecule has 2 nitrogen and oxygen atoms in total. The molecule has 2 aromatic carbocycles. The molecule has 0 radical (unpaired) electrons. The molecule has 0 saturated carbocycles. The highest BCUT2D eigenvalue weighted by Crippen LogP contribution is 2.24. The number of unbranched alkanes of at least 4 members (excludes halogenated alkanes) is 1. The summed E-state index contributed by atoms with van der Waals surface area (Å²) in [5.41, 5.74) is 4.00. The normalized spacial score (nSPS) is 10.2. The molecule has 0 unspecified atom stereocenters. The Morgan fingerprint density at radius 3 is 2.60 bits per heavy atom. The molecule has 0 aliphatic heterocycles. The Morgan fingerprint density at radius 2 is 1.90 bits per heavy atom. The number of benzene rings is 2. The third-order valence-electron chi connectivity index (χ3n) is 3.33. The van der Waals surface area contributed by atoms with Crippen LogP contribution in [0.1, 0.15) is 30.9 Å². The van der Waals surface area contributed by atoms with E-state index in [0.29, 0.717) is 0 Å². The fraction of sp³-hybridized carbons (Fsp3) is 0.278. The topological polar surface area (TPSA) is 35.8 Å². The van der Waals surface area contributed by atoms with E-state index in [1.807, 2.05) is 42.5 Å². The van der Waals surface area contributed by atoms with Crippen LogP contribution in [0.5, 0.6) is 0 Å². The van der Waals surface area contributed by atoms with E-state index in [9.17, 15) is 5.26 Å². The first-order chi connectivity index (χ1) is 9.85. The molecule has 0 aliphatic carbocycles. The standard InChI is InChI=1S/C18H20N2/c1-2-3-11-20-14-15-9-10-18(17(12-15)13-19)16-7-5-4-6-8-16/h4-10,12,20H,2-3,11,14H2,1H3. The van der Waals surface area contributed by atoms with E-state index in [4.69, 9.17) is 0 Å². The quantitative estimate of drug-likeness (QED) is 0.797. The molecule has 0 atom stereocenters. The Hall–Kier alpha value is -2.11. The van der Waals surface area contributed by atoms with Crippen molar-refractivity contribution >= 4 is 0 Å². The number of nitrogens with one attached hydrogen (secondary N) is 1. The zero-order chi connectivity index (χ0) is 14.2. The minimum absolute atomic E-state index is 0.742. The van der Waals surface area contributed by atoms with E-state index < -0.39 is 0 Å². The second-order valence-electron chi connectivity index (χ2n) is 4.89. The summed E-state index contributed by atoms with van der Waals surface area (Å²) in [6, 6.07) is 18.5. The number of nitriles is 1. The highest BCUT2D eigenvalue weighted by atomic mass is 14.8. The molecule has 0 spiro atoms. The molecule has 0 bridgehead atoms. The van der Waals surface area contributed by atoms with E-state index in [0.717, 1.165) is 35.3 Å². The van der Waals surface area contributed by atoms with Crippen molar-refractivity contribution in [2.24, 2.45) is 0 Å². The molecule has 2 aromatic rings. The van der Waals surface area contributed by atoms with Crippen molar-refractivity contribution in [3.63, 3.8) is 0 Å². The summed E-state index contributed by atoms with van der Waals surface area (Å²) in [6.45, 7) is 4.03. The maximum atomic E-state index is 9.34. The lowest BCUT2D eigenvalue weighted by Gasteiger charge is -2.08. The van der Waals surface area contributed by atoms with Gasteiger partial charge in [-0.25, -0.2) is 0 Å². The van der Waals surface area contributed by atoms with E-state index in [2.05, 4.69) is 24.4 Å². The van der Waals surface area contributed by atoms with E-state index in [1.165, 1.54) is 12.8 Å². The van der Waals surface area contributed by atoms with Crippen LogP contribution in [0.3, 0.4) is 0 Å². The average molecular weight is 264 g/mol. The Morgan fingerprint density at radius 1 is 1.10 bits per heavy atom. The molecule has 1 N–H and O–H groups in total. The van der Waals surface area contributed by atoms with Crippen LogP contribution in [0, 0.1) is 11.3 Å². The lowest BCUT2D eigenvalue weighted by Crippen LogP contribution is -2.14. The highest BCUT2D eigenvalue weighted by molar-refractivity contribution is 5.70. The summed E-state index contributed by atoms with van der Waals surface area (Å²) in [7, 11) is 0. The van der Waals surface area contributed by atoms with Gasteiger partial charge >= 0.3 is 0 Å². The largest absolute Gasteiger partial charge is 0.313 e.